The van der Waals surface area contributed by atoms with Crippen molar-refractivity contribution >= 4 is 23.9 Å². The first kappa shape index (κ1) is 23.7. The van der Waals surface area contributed by atoms with E-state index in [1.54, 1.807) is 67.8 Å². The fourth-order valence-electron chi connectivity index (χ4n) is 3.70. The van der Waals surface area contributed by atoms with Crippen molar-refractivity contribution in [2.24, 2.45) is 0 Å². The van der Waals surface area contributed by atoms with Gasteiger partial charge in [-0.3, -0.25) is 4.57 Å². The van der Waals surface area contributed by atoms with Gasteiger partial charge in [0.25, 0.3) is 7.37 Å². The summed E-state index contributed by atoms with van der Waals surface area (Å²) in [7, 11) is -3.44. The molecule has 0 aliphatic rings. The van der Waals surface area contributed by atoms with Gasteiger partial charge in [-0.25, -0.2) is 4.79 Å². The van der Waals surface area contributed by atoms with Gasteiger partial charge in [-0.15, -0.1) is 0 Å². The minimum Gasteiger partial charge on any atom is -0.469 e. The number of esters is 1. The van der Waals surface area contributed by atoms with Crippen molar-refractivity contribution < 1.29 is 23.0 Å². The fourth-order valence-corrected chi connectivity index (χ4v) is 5.87. The number of benzene rings is 3. The minimum atomic E-state index is -3.44. The van der Waals surface area contributed by atoms with E-state index in [2.05, 4.69) is 0 Å². The number of hydrogen-bond donors (Lipinski definition) is 0. The van der Waals surface area contributed by atoms with Crippen LogP contribution in [0.2, 0.25) is 0 Å². The summed E-state index contributed by atoms with van der Waals surface area (Å²) in [6.07, 6.45) is 0.930. The summed E-state index contributed by atoms with van der Waals surface area (Å²) in [5.41, 5.74) is -0.441. The van der Waals surface area contributed by atoms with Gasteiger partial charge in [-0.05, 0) is 62.4 Å². The molecule has 174 valence electrons. The lowest BCUT2D eigenvalue weighted by molar-refractivity contribution is 0.000975. The van der Waals surface area contributed by atoms with Gasteiger partial charge in [0.15, 0.2) is 0 Å². The van der Waals surface area contributed by atoms with Crippen molar-refractivity contribution in [3.05, 3.63) is 121 Å². The van der Waals surface area contributed by atoms with E-state index < -0.39 is 24.9 Å². The van der Waals surface area contributed by atoms with Crippen molar-refractivity contribution in [3.63, 3.8) is 0 Å². The largest absolute Gasteiger partial charge is 0.469 e. The topological polar surface area (TPSA) is 65.7 Å². The monoisotopic (exact) mass is 474 g/mol. The fraction of sp³-hybridized carbons (Fsp3) is 0.179. The molecule has 6 heteroatoms. The molecule has 34 heavy (non-hydrogen) atoms. The van der Waals surface area contributed by atoms with Crippen LogP contribution in [0.5, 0.6) is 0 Å². The molecule has 3 aromatic carbocycles. The number of carbonyl (C=O) groups is 1. The van der Waals surface area contributed by atoms with Gasteiger partial charge in [0.1, 0.15) is 11.9 Å². The minimum absolute atomic E-state index is 0.00478. The molecule has 0 fully saturated rings. The van der Waals surface area contributed by atoms with Crippen LogP contribution in [0.3, 0.4) is 0 Å². The summed E-state index contributed by atoms with van der Waals surface area (Å²) >= 11 is 0. The molecule has 0 aliphatic carbocycles. The van der Waals surface area contributed by atoms with Gasteiger partial charge in [0, 0.05) is 10.6 Å². The van der Waals surface area contributed by atoms with E-state index in [9.17, 15) is 9.36 Å². The van der Waals surface area contributed by atoms with E-state index >= 15 is 0 Å². The van der Waals surface area contributed by atoms with E-state index in [4.69, 9.17) is 13.7 Å². The molecule has 2 atom stereocenters. The molecule has 1 aromatic heterocycles. The average molecular weight is 474 g/mol. The van der Waals surface area contributed by atoms with E-state index in [0.717, 1.165) is 0 Å². The predicted octanol–water partition coefficient (Wildman–Crippen LogP) is 5.73. The molecular formula is C28H27O5P. The van der Waals surface area contributed by atoms with Crippen LogP contribution in [-0.4, -0.2) is 18.7 Å². The maximum absolute atomic E-state index is 14.3. The van der Waals surface area contributed by atoms with Crippen molar-refractivity contribution in [2.45, 2.75) is 25.4 Å². The Labute approximate surface area is 199 Å². The molecule has 0 N–H and O–H groups in total. The van der Waals surface area contributed by atoms with Crippen molar-refractivity contribution in [2.75, 3.05) is 6.61 Å². The summed E-state index contributed by atoms with van der Waals surface area (Å²) < 4.78 is 32.2. The maximum atomic E-state index is 14.3. The van der Waals surface area contributed by atoms with E-state index in [0.29, 0.717) is 21.9 Å². The highest BCUT2D eigenvalue weighted by Crippen LogP contribution is 2.47. The Morgan fingerprint density at radius 3 is 1.88 bits per heavy atom. The van der Waals surface area contributed by atoms with Crippen LogP contribution in [0.4, 0.5) is 0 Å². The number of ether oxygens (including phenoxy) is 1. The van der Waals surface area contributed by atoms with Gasteiger partial charge in [-0.1, -0.05) is 54.6 Å². The number of furan rings is 1. The molecule has 0 saturated carbocycles. The van der Waals surface area contributed by atoms with E-state index in [1.165, 1.54) is 0 Å². The highest BCUT2D eigenvalue weighted by molar-refractivity contribution is 7.74. The Balaban J connectivity index is 1.65. The first-order chi connectivity index (χ1) is 16.4. The summed E-state index contributed by atoms with van der Waals surface area (Å²) in [4.78, 5) is 12.8. The first-order valence-electron chi connectivity index (χ1n) is 11.1. The van der Waals surface area contributed by atoms with Gasteiger partial charge in [0.05, 0.1) is 23.8 Å². The van der Waals surface area contributed by atoms with Crippen LogP contribution < -0.4 is 10.6 Å². The third-order valence-electron chi connectivity index (χ3n) is 6.01. The Morgan fingerprint density at radius 2 is 1.38 bits per heavy atom. The Hall–Kier alpha value is -3.40. The third-order valence-corrected chi connectivity index (χ3v) is 8.46. The highest BCUT2D eigenvalue weighted by atomic mass is 31.2. The third kappa shape index (κ3) is 4.91. The van der Waals surface area contributed by atoms with Crippen LogP contribution in [0.1, 0.15) is 30.0 Å². The zero-order chi connectivity index (χ0) is 24.0. The summed E-state index contributed by atoms with van der Waals surface area (Å²) in [5, 5.41) is 1.19. The lowest BCUT2D eigenvalue weighted by atomic mass is 9.83. The molecule has 4 aromatic rings. The summed E-state index contributed by atoms with van der Waals surface area (Å²) in [5.74, 6) is 0.133. The van der Waals surface area contributed by atoms with Crippen LogP contribution >= 0.6 is 7.37 Å². The predicted molar refractivity (Wildman–Crippen MR) is 133 cm³/mol. The molecule has 0 radical (unpaired) electrons. The van der Waals surface area contributed by atoms with Crippen molar-refractivity contribution in [1.29, 1.82) is 0 Å². The molecule has 5 nitrogen and oxygen atoms in total. The number of rotatable bonds is 9. The zero-order valence-electron chi connectivity index (χ0n) is 19.2. The molecule has 2 unspecified atom stereocenters. The van der Waals surface area contributed by atoms with Crippen LogP contribution in [0.25, 0.3) is 0 Å². The van der Waals surface area contributed by atoms with Gasteiger partial charge < -0.3 is 13.7 Å². The first-order valence-corrected chi connectivity index (χ1v) is 12.7. The lowest BCUT2D eigenvalue weighted by Gasteiger charge is -2.34. The van der Waals surface area contributed by atoms with Gasteiger partial charge in [-0.2, -0.15) is 0 Å². The molecule has 0 aliphatic heterocycles. The van der Waals surface area contributed by atoms with Crippen LogP contribution in [0, 0.1) is 0 Å². The maximum Gasteiger partial charge on any atom is 0.338 e. The Bertz CT molecular complexity index is 1200. The molecular weight excluding hydrogens is 447 g/mol. The molecule has 0 bridgehead atoms. The van der Waals surface area contributed by atoms with Gasteiger partial charge >= 0.3 is 5.97 Å². The number of hydrogen-bond acceptors (Lipinski definition) is 5. The molecule has 0 spiro atoms. The molecule has 0 amide bonds. The SMILES string of the molecule is CC(OC(=O)c1ccccc1)C(C)(COP(=O)(c1ccccc1)c1ccccc1)c1ccco1. The molecule has 1 heterocycles. The summed E-state index contributed by atoms with van der Waals surface area (Å²) in [6.45, 7) is 3.68. The Morgan fingerprint density at radius 1 is 0.853 bits per heavy atom. The normalized spacial score (nSPS) is 14.2. The zero-order valence-corrected chi connectivity index (χ0v) is 20.1. The standard InChI is InChI=1S/C28H27O5P/c1-22(33-27(29)23-13-6-3-7-14-23)28(2,26-19-12-20-31-26)21-32-34(30,24-15-8-4-9-16-24)25-17-10-5-11-18-25/h3-20,22H,21H2,1-2H3. The smallest absolute Gasteiger partial charge is 0.338 e. The van der Waals surface area contributed by atoms with Crippen LogP contribution in [-0.2, 0) is 19.2 Å². The van der Waals surface area contributed by atoms with Crippen molar-refractivity contribution in [3.8, 4) is 0 Å². The molecule has 4 rings (SSSR count). The van der Waals surface area contributed by atoms with Crippen LogP contribution in [0.15, 0.2) is 114 Å². The lowest BCUT2D eigenvalue weighted by Crippen LogP contribution is -2.42. The van der Waals surface area contributed by atoms with Gasteiger partial charge in [0.2, 0.25) is 0 Å². The second-order valence-electron chi connectivity index (χ2n) is 8.30. The van der Waals surface area contributed by atoms with E-state index in [1.807, 2.05) is 55.5 Å². The molecule has 0 saturated heterocycles. The average Bonchev–Trinajstić information content (AvgIpc) is 3.44. The summed E-state index contributed by atoms with van der Waals surface area (Å²) in [6, 6.07) is 30.7. The quantitative estimate of drug-likeness (QED) is 0.229. The second kappa shape index (κ2) is 10.3. The van der Waals surface area contributed by atoms with E-state index in [-0.39, 0.29) is 6.61 Å². The number of carbonyl (C=O) groups excluding carboxylic acids is 1. The second-order valence-corrected chi connectivity index (χ2v) is 10.7. The van der Waals surface area contributed by atoms with Crippen molar-refractivity contribution in [1.82, 2.24) is 0 Å². The highest BCUT2D eigenvalue weighted by Gasteiger charge is 2.42. The Kier molecular flexibility index (Phi) is 7.16.